The van der Waals surface area contributed by atoms with Gasteiger partial charge in [-0.15, -0.1) is 0 Å². The van der Waals surface area contributed by atoms with Gasteiger partial charge in [-0.25, -0.2) is 4.79 Å². The molecule has 2 aromatic rings. The molecule has 2 N–H and O–H groups in total. The molecule has 0 radical (unpaired) electrons. The average molecular weight is 245 g/mol. The molecule has 0 aliphatic carbocycles. The van der Waals surface area contributed by atoms with E-state index >= 15 is 0 Å². The van der Waals surface area contributed by atoms with E-state index in [2.05, 4.69) is 5.32 Å². The zero-order chi connectivity index (χ0) is 13.0. The molecule has 1 aromatic carbocycles. The predicted molar refractivity (Wildman–Crippen MR) is 68.9 cm³/mol. The molecule has 4 nitrogen and oxygen atoms in total. The second-order valence-electron chi connectivity index (χ2n) is 4.21. The number of carboxylic acids is 1. The maximum atomic E-state index is 10.7. The number of hydrogen-bond acceptors (Lipinski definition) is 3. The Morgan fingerprint density at radius 1 is 1.33 bits per heavy atom. The fourth-order valence-electron chi connectivity index (χ4n) is 1.78. The molecule has 0 amide bonds. The van der Waals surface area contributed by atoms with E-state index in [1.807, 2.05) is 19.1 Å². The summed E-state index contributed by atoms with van der Waals surface area (Å²) in [7, 11) is 0. The van der Waals surface area contributed by atoms with Crippen molar-refractivity contribution in [1.29, 1.82) is 0 Å². The standard InChI is InChI=1S/C14H15NO3/c1-10(9-13-3-2-8-18-13)15-12-6-4-11(5-7-12)14(16)17/h2-8,10,15H,9H2,1H3,(H,16,17). The molecule has 1 unspecified atom stereocenters. The van der Waals surface area contributed by atoms with Crippen LogP contribution in [0, 0.1) is 0 Å². The summed E-state index contributed by atoms with van der Waals surface area (Å²) in [5, 5.41) is 12.1. The second-order valence-corrected chi connectivity index (χ2v) is 4.21. The van der Waals surface area contributed by atoms with E-state index in [0.717, 1.165) is 17.9 Å². The minimum atomic E-state index is -0.912. The van der Waals surface area contributed by atoms with E-state index in [0.29, 0.717) is 5.56 Å². The van der Waals surface area contributed by atoms with Gasteiger partial charge in [-0.2, -0.15) is 0 Å². The third kappa shape index (κ3) is 3.13. The second kappa shape index (κ2) is 5.40. The van der Waals surface area contributed by atoms with Gasteiger partial charge in [-0.3, -0.25) is 0 Å². The molecular weight excluding hydrogens is 230 g/mol. The summed E-state index contributed by atoms with van der Waals surface area (Å²) in [6.45, 7) is 2.05. The average Bonchev–Trinajstić information content (AvgIpc) is 2.82. The smallest absolute Gasteiger partial charge is 0.335 e. The third-order valence-corrected chi connectivity index (χ3v) is 2.63. The number of aromatic carboxylic acids is 1. The third-order valence-electron chi connectivity index (χ3n) is 2.63. The lowest BCUT2D eigenvalue weighted by molar-refractivity contribution is 0.0697. The number of furan rings is 1. The number of rotatable bonds is 5. The monoisotopic (exact) mass is 245 g/mol. The van der Waals surface area contributed by atoms with Gasteiger partial charge in [-0.05, 0) is 43.3 Å². The molecule has 4 heteroatoms. The Kier molecular flexibility index (Phi) is 3.67. The predicted octanol–water partition coefficient (Wildman–Crippen LogP) is 3.02. The Bertz CT molecular complexity index is 502. The van der Waals surface area contributed by atoms with Gasteiger partial charge >= 0.3 is 5.97 Å². The lowest BCUT2D eigenvalue weighted by atomic mass is 10.1. The number of benzene rings is 1. The van der Waals surface area contributed by atoms with Gasteiger partial charge in [0, 0.05) is 18.2 Å². The molecule has 0 aliphatic rings. The fourth-order valence-corrected chi connectivity index (χ4v) is 1.78. The summed E-state index contributed by atoms with van der Waals surface area (Å²) in [5.41, 5.74) is 1.19. The van der Waals surface area contributed by atoms with E-state index in [1.54, 1.807) is 30.5 Å². The Morgan fingerprint density at radius 3 is 2.61 bits per heavy atom. The Balaban J connectivity index is 1.94. The Hall–Kier alpha value is -2.23. The van der Waals surface area contributed by atoms with Crippen LogP contribution in [0.25, 0.3) is 0 Å². The van der Waals surface area contributed by atoms with Gasteiger partial charge < -0.3 is 14.8 Å². The molecule has 0 bridgehead atoms. The molecule has 0 saturated heterocycles. The quantitative estimate of drug-likeness (QED) is 0.850. The van der Waals surface area contributed by atoms with Crippen LogP contribution in [0.3, 0.4) is 0 Å². The van der Waals surface area contributed by atoms with Crippen molar-refractivity contribution >= 4 is 11.7 Å². The van der Waals surface area contributed by atoms with Gasteiger partial charge in [-0.1, -0.05) is 0 Å². The van der Waals surface area contributed by atoms with E-state index in [-0.39, 0.29) is 6.04 Å². The number of hydrogen-bond donors (Lipinski definition) is 2. The highest BCUT2D eigenvalue weighted by molar-refractivity contribution is 5.87. The van der Waals surface area contributed by atoms with Gasteiger partial charge in [0.05, 0.1) is 11.8 Å². The maximum absolute atomic E-state index is 10.7. The van der Waals surface area contributed by atoms with Crippen molar-refractivity contribution in [1.82, 2.24) is 0 Å². The molecule has 2 rings (SSSR count). The minimum absolute atomic E-state index is 0.215. The van der Waals surface area contributed by atoms with Crippen LogP contribution in [0.2, 0.25) is 0 Å². The number of anilines is 1. The van der Waals surface area contributed by atoms with E-state index in [9.17, 15) is 4.79 Å². The van der Waals surface area contributed by atoms with E-state index in [1.165, 1.54) is 0 Å². The zero-order valence-electron chi connectivity index (χ0n) is 10.1. The SMILES string of the molecule is CC(Cc1ccco1)Nc1ccc(C(=O)O)cc1. The highest BCUT2D eigenvalue weighted by Gasteiger charge is 2.06. The molecule has 1 atom stereocenters. The largest absolute Gasteiger partial charge is 0.478 e. The minimum Gasteiger partial charge on any atom is -0.478 e. The first-order valence-corrected chi connectivity index (χ1v) is 5.77. The van der Waals surface area contributed by atoms with Crippen LogP contribution in [0.4, 0.5) is 5.69 Å². The zero-order valence-corrected chi connectivity index (χ0v) is 10.1. The van der Waals surface area contributed by atoms with Gasteiger partial charge in [0.25, 0.3) is 0 Å². The number of nitrogens with one attached hydrogen (secondary N) is 1. The number of carboxylic acid groups (broad SMARTS) is 1. The summed E-state index contributed by atoms with van der Waals surface area (Å²) in [5.74, 6) is 0.0161. The van der Waals surface area contributed by atoms with Gasteiger partial charge in [0.1, 0.15) is 5.76 Å². The van der Waals surface area contributed by atoms with Crippen LogP contribution in [0.1, 0.15) is 23.0 Å². The molecule has 0 saturated carbocycles. The van der Waals surface area contributed by atoms with Crippen LogP contribution in [0.15, 0.2) is 47.1 Å². The molecule has 1 heterocycles. The molecule has 0 spiro atoms. The van der Waals surface area contributed by atoms with E-state index in [4.69, 9.17) is 9.52 Å². The van der Waals surface area contributed by atoms with Crippen molar-refractivity contribution in [2.45, 2.75) is 19.4 Å². The summed E-state index contributed by atoms with van der Waals surface area (Å²) >= 11 is 0. The molecular formula is C14H15NO3. The normalized spacial score (nSPS) is 12.1. The lowest BCUT2D eigenvalue weighted by Gasteiger charge is -2.14. The summed E-state index contributed by atoms with van der Waals surface area (Å²) in [6, 6.07) is 10.7. The summed E-state index contributed by atoms with van der Waals surface area (Å²) < 4.78 is 5.27. The van der Waals surface area contributed by atoms with Crippen LogP contribution < -0.4 is 5.32 Å². The first-order chi connectivity index (χ1) is 8.65. The summed E-state index contributed by atoms with van der Waals surface area (Å²) in [6.07, 6.45) is 2.44. The molecule has 0 aliphatic heterocycles. The molecule has 1 aromatic heterocycles. The van der Waals surface area contributed by atoms with Crippen LogP contribution >= 0.6 is 0 Å². The van der Waals surface area contributed by atoms with Crippen molar-refractivity contribution in [2.24, 2.45) is 0 Å². The van der Waals surface area contributed by atoms with Crippen molar-refractivity contribution in [3.63, 3.8) is 0 Å². The Labute approximate surface area is 105 Å². The van der Waals surface area contributed by atoms with Gasteiger partial charge in [0.15, 0.2) is 0 Å². The van der Waals surface area contributed by atoms with Crippen molar-refractivity contribution in [3.8, 4) is 0 Å². The van der Waals surface area contributed by atoms with Crippen LogP contribution in [-0.2, 0) is 6.42 Å². The fraction of sp³-hybridized carbons (Fsp3) is 0.214. The highest BCUT2D eigenvalue weighted by Crippen LogP contribution is 2.13. The van der Waals surface area contributed by atoms with E-state index < -0.39 is 5.97 Å². The first-order valence-electron chi connectivity index (χ1n) is 5.77. The van der Waals surface area contributed by atoms with Crippen LogP contribution in [0.5, 0.6) is 0 Å². The molecule has 0 fully saturated rings. The van der Waals surface area contributed by atoms with Crippen LogP contribution in [-0.4, -0.2) is 17.1 Å². The van der Waals surface area contributed by atoms with Crippen molar-refractivity contribution in [2.75, 3.05) is 5.32 Å². The molecule has 94 valence electrons. The maximum Gasteiger partial charge on any atom is 0.335 e. The molecule has 18 heavy (non-hydrogen) atoms. The lowest BCUT2D eigenvalue weighted by Crippen LogP contribution is -2.17. The topological polar surface area (TPSA) is 62.5 Å². The first kappa shape index (κ1) is 12.2. The van der Waals surface area contributed by atoms with Crippen molar-refractivity contribution in [3.05, 3.63) is 54.0 Å². The highest BCUT2D eigenvalue weighted by atomic mass is 16.4. The van der Waals surface area contributed by atoms with Gasteiger partial charge in [0.2, 0.25) is 0 Å². The summed E-state index contributed by atoms with van der Waals surface area (Å²) in [4.78, 5) is 10.7. The number of carbonyl (C=O) groups is 1. The Morgan fingerprint density at radius 2 is 2.06 bits per heavy atom. The van der Waals surface area contributed by atoms with Crippen molar-refractivity contribution < 1.29 is 14.3 Å².